The van der Waals surface area contributed by atoms with Crippen LogP contribution in [-0.4, -0.2) is 32.4 Å². The van der Waals surface area contributed by atoms with Crippen LogP contribution in [0.4, 0.5) is 0 Å². The van der Waals surface area contributed by atoms with Crippen molar-refractivity contribution >= 4 is 29.9 Å². The molecule has 0 aliphatic heterocycles. The second-order valence-electron chi connectivity index (χ2n) is 6.20. The normalized spacial score (nSPS) is 11.1. The number of benzene rings is 1. The van der Waals surface area contributed by atoms with Crippen LogP contribution in [0.5, 0.6) is 11.5 Å². The number of rotatable bonds is 9. The van der Waals surface area contributed by atoms with Gasteiger partial charge in [-0.25, -0.2) is 0 Å². The summed E-state index contributed by atoms with van der Waals surface area (Å²) >= 11 is 0. The van der Waals surface area contributed by atoms with Crippen LogP contribution in [0.3, 0.4) is 0 Å². The minimum atomic E-state index is 0. The van der Waals surface area contributed by atoms with Crippen LogP contribution >= 0.6 is 24.0 Å². The molecule has 7 nitrogen and oxygen atoms in total. The quantitative estimate of drug-likeness (QED) is 0.306. The summed E-state index contributed by atoms with van der Waals surface area (Å²) in [6.07, 6.45) is 2.12. The first kappa shape index (κ1) is 24.1. The van der Waals surface area contributed by atoms with E-state index in [1.807, 2.05) is 24.3 Å². The van der Waals surface area contributed by atoms with Gasteiger partial charge in [-0.3, -0.25) is 4.99 Å². The Hall–Kier alpha value is -1.97. The number of hydrogen-bond donors (Lipinski definition) is 2. The number of hydrogen-bond acceptors (Lipinski definition) is 5. The molecule has 0 spiro atoms. The minimum absolute atomic E-state index is 0. The lowest BCUT2D eigenvalue weighted by Gasteiger charge is -2.13. The monoisotopic (exact) mass is 502 g/mol. The molecule has 2 rings (SSSR count). The van der Waals surface area contributed by atoms with E-state index in [1.165, 1.54) is 0 Å². The second kappa shape index (κ2) is 12.5. The molecule has 0 saturated carbocycles. The van der Waals surface area contributed by atoms with Crippen LogP contribution in [0.15, 0.2) is 33.8 Å². The third-order valence-corrected chi connectivity index (χ3v) is 4.54. The number of methoxy groups -OCH3 is 2. The molecule has 8 heteroatoms. The molecular formula is C20H31IN4O3. The van der Waals surface area contributed by atoms with Gasteiger partial charge >= 0.3 is 0 Å². The average molecular weight is 502 g/mol. The summed E-state index contributed by atoms with van der Waals surface area (Å²) in [6, 6.07) is 7.84. The van der Waals surface area contributed by atoms with Crippen molar-refractivity contribution in [1.29, 1.82) is 0 Å². The van der Waals surface area contributed by atoms with Crippen molar-refractivity contribution in [3.8, 4) is 11.5 Å². The van der Waals surface area contributed by atoms with Crippen LogP contribution in [0.1, 0.15) is 49.6 Å². The van der Waals surface area contributed by atoms with Crippen molar-refractivity contribution in [3.63, 3.8) is 0 Å². The van der Waals surface area contributed by atoms with Gasteiger partial charge in [0, 0.05) is 25.6 Å². The smallest absolute Gasteiger partial charge is 0.191 e. The zero-order valence-corrected chi connectivity index (χ0v) is 19.6. The lowest BCUT2D eigenvalue weighted by atomic mass is 9.99. The van der Waals surface area contributed by atoms with E-state index in [-0.39, 0.29) is 24.0 Å². The van der Waals surface area contributed by atoms with Crippen molar-refractivity contribution in [2.45, 2.75) is 45.7 Å². The number of nitrogens with zero attached hydrogens (tertiary/aromatic N) is 2. The molecule has 0 bridgehead atoms. The van der Waals surface area contributed by atoms with Crippen LogP contribution in [0.25, 0.3) is 0 Å². The summed E-state index contributed by atoms with van der Waals surface area (Å²) in [7, 11) is 4.99. The number of nitrogens with one attached hydrogen (secondary N) is 2. The topological polar surface area (TPSA) is 80.9 Å². The fourth-order valence-electron chi connectivity index (χ4n) is 2.88. The van der Waals surface area contributed by atoms with Crippen LogP contribution < -0.4 is 20.1 Å². The van der Waals surface area contributed by atoms with Gasteiger partial charge in [0.2, 0.25) is 0 Å². The molecule has 1 aromatic carbocycles. The molecule has 0 aliphatic rings. The van der Waals surface area contributed by atoms with Crippen molar-refractivity contribution in [2.24, 2.45) is 4.99 Å². The van der Waals surface area contributed by atoms with Crippen molar-refractivity contribution in [1.82, 2.24) is 15.8 Å². The van der Waals surface area contributed by atoms with Gasteiger partial charge in [-0.1, -0.05) is 25.1 Å². The number of ether oxygens (including phenoxy) is 2. The molecule has 28 heavy (non-hydrogen) atoms. The molecule has 1 aromatic heterocycles. The number of aliphatic imine (C=N–C) groups is 1. The van der Waals surface area contributed by atoms with Crippen molar-refractivity contribution in [2.75, 3.05) is 21.3 Å². The molecule has 0 amide bonds. The predicted molar refractivity (Wildman–Crippen MR) is 122 cm³/mol. The predicted octanol–water partition coefficient (Wildman–Crippen LogP) is 4.08. The average Bonchev–Trinajstić information content (AvgIpc) is 3.17. The maximum Gasteiger partial charge on any atom is 0.191 e. The summed E-state index contributed by atoms with van der Waals surface area (Å²) in [5.41, 5.74) is 2.08. The summed E-state index contributed by atoms with van der Waals surface area (Å²) in [5.74, 6) is 3.35. The number of aromatic nitrogens is 1. The van der Waals surface area contributed by atoms with Gasteiger partial charge in [0.1, 0.15) is 0 Å². The van der Waals surface area contributed by atoms with Gasteiger partial charge in [0.25, 0.3) is 0 Å². The first-order chi connectivity index (χ1) is 13.1. The lowest BCUT2D eigenvalue weighted by Crippen LogP contribution is -2.36. The molecular weight excluding hydrogens is 471 g/mol. The third kappa shape index (κ3) is 6.57. The van der Waals surface area contributed by atoms with E-state index in [1.54, 1.807) is 21.3 Å². The first-order valence-electron chi connectivity index (χ1n) is 9.25. The van der Waals surface area contributed by atoms with Crippen LogP contribution in [0, 0.1) is 0 Å². The Balaban J connectivity index is 0.00000392. The van der Waals surface area contributed by atoms with Gasteiger partial charge in [0.15, 0.2) is 23.2 Å². The van der Waals surface area contributed by atoms with Gasteiger partial charge in [-0.2, -0.15) is 0 Å². The Morgan fingerprint density at radius 3 is 2.36 bits per heavy atom. The molecule has 2 N–H and O–H groups in total. The van der Waals surface area contributed by atoms with Crippen LogP contribution in [-0.2, 0) is 13.1 Å². The van der Waals surface area contributed by atoms with Crippen molar-refractivity contribution in [3.05, 3.63) is 41.3 Å². The number of guanidine groups is 1. The molecule has 2 aromatic rings. The number of halogens is 1. The largest absolute Gasteiger partial charge is 0.493 e. The highest BCUT2D eigenvalue weighted by Gasteiger charge is 2.13. The Morgan fingerprint density at radius 2 is 1.75 bits per heavy atom. The lowest BCUT2D eigenvalue weighted by molar-refractivity contribution is 0.354. The molecule has 156 valence electrons. The van der Waals surface area contributed by atoms with Crippen molar-refractivity contribution < 1.29 is 14.0 Å². The minimum Gasteiger partial charge on any atom is -0.493 e. The van der Waals surface area contributed by atoms with E-state index < -0.39 is 0 Å². The van der Waals surface area contributed by atoms with Gasteiger partial charge in [-0.05, 0) is 30.5 Å². The Bertz CT molecular complexity index is 745. The molecule has 0 aliphatic carbocycles. The standard InChI is InChI=1S/C20H30N4O3.HI/c1-6-15(7-2)17-11-16(27-24-17)13-23-20(21-3)22-12-14-8-9-18(25-4)19(10-14)26-5;/h8-11,15H,6-7,12-13H2,1-5H3,(H2,21,22,23);1H. The van der Waals surface area contributed by atoms with Gasteiger partial charge in [0.05, 0.1) is 26.5 Å². The van der Waals surface area contributed by atoms with E-state index in [4.69, 9.17) is 14.0 Å². The van der Waals surface area contributed by atoms with E-state index in [0.29, 0.717) is 36.5 Å². The highest BCUT2D eigenvalue weighted by atomic mass is 127. The maximum atomic E-state index is 5.44. The molecule has 0 unspecified atom stereocenters. The SMILES string of the molecule is CCC(CC)c1cc(CNC(=NC)NCc2ccc(OC)c(OC)c2)on1.I. The van der Waals surface area contributed by atoms with E-state index in [0.717, 1.165) is 29.9 Å². The highest BCUT2D eigenvalue weighted by Crippen LogP contribution is 2.27. The van der Waals surface area contributed by atoms with E-state index in [9.17, 15) is 0 Å². The van der Waals surface area contributed by atoms with Crippen LogP contribution in [0.2, 0.25) is 0 Å². The zero-order valence-electron chi connectivity index (χ0n) is 17.2. The molecule has 0 fully saturated rings. The molecule has 0 atom stereocenters. The van der Waals surface area contributed by atoms with E-state index >= 15 is 0 Å². The maximum absolute atomic E-state index is 5.44. The third-order valence-electron chi connectivity index (χ3n) is 4.54. The zero-order chi connectivity index (χ0) is 19.6. The first-order valence-corrected chi connectivity index (χ1v) is 9.25. The summed E-state index contributed by atoms with van der Waals surface area (Å²) in [6.45, 7) is 5.47. The van der Waals surface area contributed by atoms with E-state index in [2.05, 4.69) is 34.6 Å². The molecule has 1 heterocycles. The highest BCUT2D eigenvalue weighted by molar-refractivity contribution is 14.0. The summed E-state index contributed by atoms with van der Waals surface area (Å²) in [4.78, 5) is 4.25. The van der Waals surface area contributed by atoms with Gasteiger partial charge in [-0.15, -0.1) is 24.0 Å². The Labute approximate surface area is 184 Å². The summed E-state index contributed by atoms with van der Waals surface area (Å²) in [5, 5.41) is 10.7. The Morgan fingerprint density at radius 1 is 1.07 bits per heavy atom. The van der Waals surface area contributed by atoms with Gasteiger partial charge < -0.3 is 24.6 Å². The second-order valence-corrected chi connectivity index (χ2v) is 6.20. The fourth-order valence-corrected chi connectivity index (χ4v) is 2.88. The molecule has 0 radical (unpaired) electrons. The molecule has 0 saturated heterocycles. The fraction of sp³-hybridized carbons (Fsp3) is 0.500. The summed E-state index contributed by atoms with van der Waals surface area (Å²) < 4.78 is 16.0. The Kier molecular flexibility index (Phi) is 10.7.